The van der Waals surface area contributed by atoms with Gasteiger partial charge in [-0.3, -0.25) is 14.9 Å². The summed E-state index contributed by atoms with van der Waals surface area (Å²) in [5.41, 5.74) is 3.51. The Bertz CT molecular complexity index is 1520. The number of rotatable bonds is 1. The molecule has 0 radical (unpaired) electrons. The number of hydrogen-bond acceptors (Lipinski definition) is 3. The number of carbonyl (C=O) groups excluding carboxylic acids is 2. The third-order valence-corrected chi connectivity index (χ3v) is 5.75. The highest BCUT2D eigenvalue weighted by molar-refractivity contribution is 6.39. The van der Waals surface area contributed by atoms with Crippen molar-refractivity contribution in [2.45, 2.75) is 0 Å². The number of benzene rings is 3. The Morgan fingerprint density at radius 3 is 2.46 bits per heavy atom. The number of aromatic amines is 1. The van der Waals surface area contributed by atoms with Crippen molar-refractivity contribution in [1.29, 1.82) is 0 Å². The van der Waals surface area contributed by atoms with E-state index in [4.69, 9.17) is 4.74 Å². The van der Waals surface area contributed by atoms with E-state index in [0.717, 1.165) is 49.2 Å². The van der Waals surface area contributed by atoms with Gasteiger partial charge in [-0.2, -0.15) is 0 Å². The molecule has 1 aliphatic heterocycles. The quantitative estimate of drug-likeness (QED) is 0.441. The average Bonchev–Trinajstić information content (AvgIpc) is 3.35. The molecule has 28 heavy (non-hydrogen) atoms. The lowest BCUT2D eigenvalue weighted by Crippen LogP contribution is -2.20. The van der Waals surface area contributed by atoms with Gasteiger partial charge in [0.15, 0.2) is 0 Å². The Balaban J connectivity index is 2.03. The highest BCUT2D eigenvalue weighted by atomic mass is 16.5. The number of hydrogen-bond donors (Lipinski definition) is 2. The minimum absolute atomic E-state index is 0.352. The summed E-state index contributed by atoms with van der Waals surface area (Å²) in [6, 6.07) is 11.7. The normalized spacial score (nSPS) is 13.8. The third kappa shape index (κ3) is 1.63. The molecule has 3 aromatic carbocycles. The van der Waals surface area contributed by atoms with Crippen LogP contribution in [0.4, 0.5) is 0 Å². The molecule has 0 unspecified atom stereocenters. The van der Waals surface area contributed by atoms with Gasteiger partial charge < -0.3 is 14.3 Å². The molecule has 6 rings (SSSR count). The topological polar surface area (TPSA) is 76.1 Å². The molecular formula is C22H15N3O3. The number of carbonyl (C=O) groups is 2. The van der Waals surface area contributed by atoms with Crippen molar-refractivity contribution in [3.63, 3.8) is 0 Å². The molecule has 0 bridgehead atoms. The van der Waals surface area contributed by atoms with Crippen molar-refractivity contribution in [1.82, 2.24) is 14.9 Å². The lowest BCUT2D eigenvalue weighted by molar-refractivity contribution is 0.0880. The monoisotopic (exact) mass is 369 g/mol. The summed E-state index contributed by atoms with van der Waals surface area (Å²) < 4.78 is 7.61. The Hall–Kier alpha value is -3.80. The maximum absolute atomic E-state index is 12.8. The Morgan fingerprint density at radius 2 is 1.68 bits per heavy atom. The Labute approximate surface area is 158 Å². The highest BCUT2D eigenvalue weighted by Crippen LogP contribution is 2.44. The fraction of sp³-hybridized carbons (Fsp3) is 0.0909. The van der Waals surface area contributed by atoms with Gasteiger partial charge in [-0.15, -0.1) is 0 Å². The first-order valence-electron chi connectivity index (χ1n) is 8.98. The molecule has 0 aliphatic carbocycles. The largest absolute Gasteiger partial charge is 0.496 e. The van der Waals surface area contributed by atoms with Crippen LogP contribution in [0.3, 0.4) is 0 Å². The summed E-state index contributed by atoms with van der Waals surface area (Å²) >= 11 is 0. The van der Waals surface area contributed by atoms with Crippen LogP contribution in [-0.2, 0) is 7.05 Å². The molecule has 0 fully saturated rings. The second kappa shape index (κ2) is 4.92. The zero-order valence-corrected chi connectivity index (χ0v) is 15.2. The zero-order chi connectivity index (χ0) is 19.2. The van der Waals surface area contributed by atoms with Crippen molar-refractivity contribution in [3.8, 4) is 5.75 Å². The van der Waals surface area contributed by atoms with Gasteiger partial charge in [0.05, 0.1) is 29.3 Å². The van der Waals surface area contributed by atoms with Crippen LogP contribution in [0.15, 0.2) is 42.6 Å². The van der Waals surface area contributed by atoms with E-state index in [1.165, 1.54) is 0 Å². The fourth-order valence-corrected chi connectivity index (χ4v) is 4.60. The SMILES string of the molecule is COc1cc2c3[nH]c4ccccc4c3c3c(c2c2c1ccn2C)C(=O)NC3=O. The molecular weight excluding hydrogens is 354 g/mol. The van der Waals surface area contributed by atoms with Crippen LogP contribution in [0.2, 0.25) is 0 Å². The van der Waals surface area contributed by atoms with E-state index in [2.05, 4.69) is 10.3 Å². The van der Waals surface area contributed by atoms with Gasteiger partial charge in [-0.1, -0.05) is 18.2 Å². The van der Waals surface area contributed by atoms with Crippen molar-refractivity contribution in [3.05, 3.63) is 53.7 Å². The van der Waals surface area contributed by atoms with Gasteiger partial charge in [0, 0.05) is 45.7 Å². The van der Waals surface area contributed by atoms with Gasteiger partial charge in [0.25, 0.3) is 11.8 Å². The summed E-state index contributed by atoms with van der Waals surface area (Å²) in [4.78, 5) is 29.1. The number of nitrogens with one attached hydrogen (secondary N) is 2. The number of aryl methyl sites for hydroxylation is 1. The molecule has 1 aliphatic rings. The number of nitrogens with zero attached hydrogens (tertiary/aromatic N) is 1. The van der Waals surface area contributed by atoms with Crippen molar-refractivity contribution < 1.29 is 14.3 Å². The molecule has 5 aromatic rings. The number of ether oxygens (including phenoxy) is 1. The van der Waals surface area contributed by atoms with Crippen LogP contribution < -0.4 is 10.1 Å². The van der Waals surface area contributed by atoms with Crippen molar-refractivity contribution in [2.75, 3.05) is 7.11 Å². The van der Waals surface area contributed by atoms with Gasteiger partial charge in [0.1, 0.15) is 5.75 Å². The molecule has 2 amide bonds. The predicted molar refractivity (Wildman–Crippen MR) is 108 cm³/mol. The first kappa shape index (κ1) is 15.3. The number of amides is 2. The maximum atomic E-state index is 12.8. The van der Waals surface area contributed by atoms with Gasteiger partial charge >= 0.3 is 0 Å². The number of fused-ring (bicyclic) bond motifs is 10. The molecule has 6 nitrogen and oxygen atoms in total. The molecule has 136 valence electrons. The first-order chi connectivity index (χ1) is 13.6. The molecule has 6 heteroatoms. The molecule has 0 saturated heterocycles. The van der Waals surface area contributed by atoms with E-state index >= 15 is 0 Å². The minimum atomic E-state index is -0.357. The zero-order valence-electron chi connectivity index (χ0n) is 15.2. The third-order valence-electron chi connectivity index (χ3n) is 5.75. The highest BCUT2D eigenvalue weighted by Gasteiger charge is 2.34. The van der Waals surface area contributed by atoms with E-state index in [0.29, 0.717) is 11.1 Å². The molecule has 2 N–H and O–H groups in total. The van der Waals surface area contributed by atoms with Gasteiger partial charge in [-0.25, -0.2) is 0 Å². The standard InChI is InChI=1S/C22H15N3O3/c1-25-8-7-11-14(28-2)9-12-16(20(11)25)18-17(21(26)24-22(18)27)15-10-5-3-4-6-13(10)23-19(12)15/h3-9,23H,1-2H3,(H,24,26,27). The predicted octanol–water partition coefficient (Wildman–Crippen LogP) is 3.86. The summed E-state index contributed by atoms with van der Waals surface area (Å²) in [6.45, 7) is 0. The van der Waals surface area contributed by atoms with Crippen LogP contribution in [-0.4, -0.2) is 28.5 Å². The van der Waals surface area contributed by atoms with Crippen LogP contribution in [0.25, 0.3) is 43.5 Å². The summed E-state index contributed by atoms with van der Waals surface area (Å²) in [5, 5.41) is 6.72. The number of imide groups is 1. The second-order valence-corrected chi connectivity index (χ2v) is 7.14. The smallest absolute Gasteiger partial charge is 0.259 e. The molecule has 0 saturated carbocycles. The molecule has 0 atom stereocenters. The van der Waals surface area contributed by atoms with E-state index in [-0.39, 0.29) is 11.8 Å². The average molecular weight is 369 g/mol. The molecule has 2 aromatic heterocycles. The van der Waals surface area contributed by atoms with Crippen LogP contribution in [0.5, 0.6) is 5.75 Å². The molecule has 3 heterocycles. The van der Waals surface area contributed by atoms with Crippen LogP contribution in [0, 0.1) is 0 Å². The molecule has 0 spiro atoms. The van der Waals surface area contributed by atoms with Gasteiger partial charge in [-0.05, 0) is 18.2 Å². The van der Waals surface area contributed by atoms with E-state index < -0.39 is 0 Å². The first-order valence-corrected chi connectivity index (χ1v) is 8.98. The van der Waals surface area contributed by atoms with Gasteiger partial charge in [0.2, 0.25) is 0 Å². The lowest BCUT2D eigenvalue weighted by atomic mass is 9.93. The summed E-state index contributed by atoms with van der Waals surface area (Å²) in [5.74, 6) is 0.0208. The van der Waals surface area contributed by atoms with Crippen molar-refractivity contribution in [2.24, 2.45) is 7.05 Å². The summed E-state index contributed by atoms with van der Waals surface area (Å²) in [6.07, 6.45) is 1.93. The summed E-state index contributed by atoms with van der Waals surface area (Å²) in [7, 11) is 3.57. The Morgan fingerprint density at radius 1 is 0.929 bits per heavy atom. The number of para-hydroxylation sites is 1. The lowest BCUT2D eigenvalue weighted by Gasteiger charge is -2.12. The number of aromatic nitrogens is 2. The van der Waals surface area contributed by atoms with E-state index in [1.54, 1.807) is 7.11 Å². The van der Waals surface area contributed by atoms with Crippen molar-refractivity contribution >= 4 is 55.3 Å². The van der Waals surface area contributed by atoms with E-state index in [1.807, 2.05) is 54.2 Å². The minimum Gasteiger partial charge on any atom is -0.496 e. The maximum Gasteiger partial charge on any atom is 0.259 e. The number of methoxy groups -OCH3 is 1. The van der Waals surface area contributed by atoms with Crippen LogP contribution >= 0.6 is 0 Å². The van der Waals surface area contributed by atoms with Crippen LogP contribution in [0.1, 0.15) is 20.7 Å². The number of H-pyrrole nitrogens is 1. The second-order valence-electron chi connectivity index (χ2n) is 7.14. The fourth-order valence-electron chi connectivity index (χ4n) is 4.60. The van der Waals surface area contributed by atoms with E-state index in [9.17, 15) is 9.59 Å². The Kier molecular flexibility index (Phi) is 2.69.